The molecule has 0 saturated heterocycles. The minimum absolute atomic E-state index is 0.617. The fraction of sp³-hybridized carbons (Fsp3) is 0.833. The van der Waals surface area contributed by atoms with Crippen LogP contribution in [0.1, 0.15) is 33.0 Å². The van der Waals surface area contributed by atoms with Gasteiger partial charge in [-0.2, -0.15) is 5.10 Å². The number of hydrogen-bond donors (Lipinski definition) is 1. The summed E-state index contributed by atoms with van der Waals surface area (Å²) in [7, 11) is 0. The highest BCUT2D eigenvalue weighted by Gasteiger charge is 2.00. The number of rotatable bonds is 9. The molecule has 98 valence electrons. The Morgan fingerprint density at radius 2 is 2.29 bits per heavy atom. The standard InChI is InChI=1S/C12H24N4O/c1-4-16-12(14-10-15-16)8-13-6-5-7-17-9-11(2)3/h10-11,13H,4-9H2,1-3H3. The van der Waals surface area contributed by atoms with E-state index in [2.05, 4.69) is 36.2 Å². The molecule has 0 saturated carbocycles. The second-order valence-electron chi connectivity index (χ2n) is 4.49. The van der Waals surface area contributed by atoms with E-state index in [4.69, 9.17) is 4.74 Å². The molecule has 17 heavy (non-hydrogen) atoms. The van der Waals surface area contributed by atoms with Gasteiger partial charge in [-0.3, -0.25) is 0 Å². The van der Waals surface area contributed by atoms with Gasteiger partial charge < -0.3 is 10.1 Å². The van der Waals surface area contributed by atoms with E-state index in [1.54, 1.807) is 6.33 Å². The minimum Gasteiger partial charge on any atom is -0.381 e. The highest BCUT2D eigenvalue weighted by atomic mass is 16.5. The van der Waals surface area contributed by atoms with Crippen LogP contribution in [0, 0.1) is 5.92 Å². The van der Waals surface area contributed by atoms with E-state index in [1.807, 2.05) is 4.68 Å². The number of aromatic nitrogens is 3. The summed E-state index contributed by atoms with van der Waals surface area (Å²) in [5, 5.41) is 7.47. The predicted octanol–water partition coefficient (Wildman–Crippen LogP) is 1.45. The molecule has 0 bridgehead atoms. The summed E-state index contributed by atoms with van der Waals surface area (Å²) in [6, 6.07) is 0. The Kier molecular flexibility index (Phi) is 6.81. The van der Waals surface area contributed by atoms with Gasteiger partial charge in [0.1, 0.15) is 12.2 Å². The maximum absolute atomic E-state index is 5.50. The van der Waals surface area contributed by atoms with Gasteiger partial charge in [0, 0.05) is 19.8 Å². The molecule has 1 aromatic rings. The molecule has 0 atom stereocenters. The number of aryl methyl sites for hydroxylation is 1. The largest absolute Gasteiger partial charge is 0.381 e. The van der Waals surface area contributed by atoms with Crippen molar-refractivity contribution in [2.24, 2.45) is 5.92 Å². The summed E-state index contributed by atoms with van der Waals surface area (Å²) in [5.41, 5.74) is 0. The lowest BCUT2D eigenvalue weighted by atomic mass is 10.2. The van der Waals surface area contributed by atoms with Crippen molar-refractivity contribution in [2.45, 2.75) is 40.3 Å². The number of hydrogen-bond acceptors (Lipinski definition) is 4. The third kappa shape index (κ3) is 5.79. The molecule has 1 N–H and O–H groups in total. The highest BCUT2D eigenvalue weighted by molar-refractivity contribution is 4.83. The SMILES string of the molecule is CCn1ncnc1CNCCCOCC(C)C. The molecule has 0 unspecified atom stereocenters. The van der Waals surface area contributed by atoms with Gasteiger partial charge in [0.25, 0.3) is 0 Å². The molecule has 0 amide bonds. The zero-order chi connectivity index (χ0) is 12.5. The van der Waals surface area contributed by atoms with Crippen LogP contribution >= 0.6 is 0 Å². The molecule has 0 spiro atoms. The van der Waals surface area contributed by atoms with Crippen molar-refractivity contribution in [3.63, 3.8) is 0 Å². The van der Waals surface area contributed by atoms with Gasteiger partial charge in [-0.25, -0.2) is 9.67 Å². The summed E-state index contributed by atoms with van der Waals surface area (Å²) in [6.07, 6.45) is 2.64. The van der Waals surface area contributed by atoms with Crippen molar-refractivity contribution in [2.75, 3.05) is 19.8 Å². The van der Waals surface area contributed by atoms with E-state index < -0.39 is 0 Å². The van der Waals surface area contributed by atoms with Gasteiger partial charge in [0.15, 0.2) is 0 Å². The maximum atomic E-state index is 5.50. The van der Waals surface area contributed by atoms with E-state index >= 15 is 0 Å². The third-order valence-corrected chi connectivity index (χ3v) is 2.37. The molecule has 1 heterocycles. The Balaban J connectivity index is 2.01. The maximum Gasteiger partial charge on any atom is 0.140 e. The molecular weight excluding hydrogens is 216 g/mol. The van der Waals surface area contributed by atoms with Crippen molar-refractivity contribution in [1.82, 2.24) is 20.1 Å². The summed E-state index contributed by atoms with van der Waals surface area (Å²) in [4.78, 5) is 4.20. The van der Waals surface area contributed by atoms with E-state index in [0.717, 1.165) is 45.1 Å². The number of nitrogens with one attached hydrogen (secondary N) is 1. The smallest absolute Gasteiger partial charge is 0.140 e. The Morgan fingerprint density at radius 1 is 1.47 bits per heavy atom. The topological polar surface area (TPSA) is 52.0 Å². The lowest BCUT2D eigenvalue weighted by Crippen LogP contribution is -2.20. The van der Waals surface area contributed by atoms with Gasteiger partial charge in [-0.15, -0.1) is 0 Å². The second-order valence-corrected chi connectivity index (χ2v) is 4.49. The fourth-order valence-electron chi connectivity index (χ4n) is 1.51. The van der Waals surface area contributed by atoms with Crippen LogP contribution in [0.3, 0.4) is 0 Å². The van der Waals surface area contributed by atoms with Crippen molar-refractivity contribution in [3.8, 4) is 0 Å². The molecule has 0 fully saturated rings. The first-order valence-electron chi connectivity index (χ1n) is 6.39. The molecule has 0 aliphatic carbocycles. The quantitative estimate of drug-likeness (QED) is 0.664. The van der Waals surface area contributed by atoms with Gasteiger partial charge in [-0.05, 0) is 25.8 Å². The van der Waals surface area contributed by atoms with E-state index in [1.165, 1.54) is 0 Å². The summed E-state index contributed by atoms with van der Waals surface area (Å²) >= 11 is 0. The lowest BCUT2D eigenvalue weighted by Gasteiger charge is -2.07. The average molecular weight is 240 g/mol. The fourth-order valence-corrected chi connectivity index (χ4v) is 1.51. The van der Waals surface area contributed by atoms with Crippen molar-refractivity contribution >= 4 is 0 Å². The van der Waals surface area contributed by atoms with E-state index in [-0.39, 0.29) is 0 Å². The van der Waals surface area contributed by atoms with Crippen LogP contribution in [0.2, 0.25) is 0 Å². The van der Waals surface area contributed by atoms with E-state index in [9.17, 15) is 0 Å². The third-order valence-electron chi connectivity index (χ3n) is 2.37. The molecule has 5 nitrogen and oxygen atoms in total. The average Bonchev–Trinajstić information content (AvgIpc) is 2.74. The van der Waals surface area contributed by atoms with Crippen LogP contribution in [0.5, 0.6) is 0 Å². The summed E-state index contributed by atoms with van der Waals surface area (Å²) in [5.74, 6) is 1.61. The van der Waals surface area contributed by atoms with Crippen molar-refractivity contribution in [3.05, 3.63) is 12.2 Å². The molecule has 0 radical (unpaired) electrons. The monoisotopic (exact) mass is 240 g/mol. The van der Waals surface area contributed by atoms with Crippen LogP contribution in [-0.4, -0.2) is 34.5 Å². The van der Waals surface area contributed by atoms with Crippen LogP contribution in [0.25, 0.3) is 0 Å². The van der Waals surface area contributed by atoms with Gasteiger partial charge in [0.2, 0.25) is 0 Å². The van der Waals surface area contributed by atoms with Crippen LogP contribution in [0.4, 0.5) is 0 Å². The molecule has 0 aromatic carbocycles. The first-order valence-corrected chi connectivity index (χ1v) is 6.39. The molecular formula is C12H24N4O. The van der Waals surface area contributed by atoms with Crippen molar-refractivity contribution in [1.29, 1.82) is 0 Å². The van der Waals surface area contributed by atoms with Crippen LogP contribution < -0.4 is 5.32 Å². The Bertz CT molecular complexity index is 298. The Labute approximate surface area is 104 Å². The van der Waals surface area contributed by atoms with E-state index in [0.29, 0.717) is 5.92 Å². The molecule has 1 aromatic heterocycles. The Hall–Kier alpha value is -0.940. The van der Waals surface area contributed by atoms with Crippen LogP contribution in [0.15, 0.2) is 6.33 Å². The highest BCUT2D eigenvalue weighted by Crippen LogP contribution is 1.94. The second kappa shape index (κ2) is 8.20. The van der Waals surface area contributed by atoms with Crippen LogP contribution in [-0.2, 0) is 17.8 Å². The first kappa shape index (κ1) is 14.1. The summed E-state index contributed by atoms with van der Waals surface area (Å²) < 4.78 is 7.41. The number of nitrogens with zero attached hydrogens (tertiary/aromatic N) is 3. The normalized spacial score (nSPS) is 11.3. The zero-order valence-electron chi connectivity index (χ0n) is 11.1. The Morgan fingerprint density at radius 3 is 3.00 bits per heavy atom. The number of ether oxygens (including phenoxy) is 1. The lowest BCUT2D eigenvalue weighted by molar-refractivity contribution is 0.108. The first-order chi connectivity index (χ1) is 8.24. The van der Waals surface area contributed by atoms with Gasteiger partial charge in [-0.1, -0.05) is 13.8 Å². The molecule has 5 heteroatoms. The molecule has 0 aliphatic heterocycles. The molecule has 0 aliphatic rings. The minimum atomic E-state index is 0.617. The van der Waals surface area contributed by atoms with Gasteiger partial charge >= 0.3 is 0 Å². The van der Waals surface area contributed by atoms with Crippen molar-refractivity contribution < 1.29 is 4.74 Å². The summed E-state index contributed by atoms with van der Waals surface area (Å²) in [6.45, 7) is 10.7. The van der Waals surface area contributed by atoms with Gasteiger partial charge in [0.05, 0.1) is 6.54 Å². The predicted molar refractivity (Wildman–Crippen MR) is 67.7 cm³/mol. The molecule has 1 rings (SSSR count). The zero-order valence-corrected chi connectivity index (χ0v) is 11.1.